The monoisotopic (exact) mass is 379 g/mol. The van der Waals surface area contributed by atoms with Crippen LogP contribution in [-0.2, 0) is 0 Å². The molecule has 2 heterocycles. The van der Waals surface area contributed by atoms with E-state index in [2.05, 4.69) is 20.3 Å². The van der Waals surface area contributed by atoms with E-state index in [-0.39, 0.29) is 5.28 Å². The summed E-state index contributed by atoms with van der Waals surface area (Å²) < 4.78 is 12.6. The molecule has 0 bridgehead atoms. The SMILES string of the molecule is COc1cc(Nc2nc(Cl)nc3c2ncn3C2CC2)cc(OC)c1Cl. The number of benzene rings is 1. The minimum atomic E-state index is 0.158. The van der Waals surface area contributed by atoms with E-state index in [0.717, 1.165) is 18.5 Å². The number of aromatic nitrogens is 4. The Morgan fingerprint density at radius 1 is 1.12 bits per heavy atom. The second-order valence-corrected chi connectivity index (χ2v) is 6.43. The van der Waals surface area contributed by atoms with Gasteiger partial charge < -0.3 is 19.4 Å². The molecular formula is C16H15Cl2N5O2. The number of ether oxygens (including phenoxy) is 2. The van der Waals surface area contributed by atoms with Gasteiger partial charge in [-0.25, -0.2) is 4.98 Å². The van der Waals surface area contributed by atoms with Crippen molar-refractivity contribution in [1.29, 1.82) is 0 Å². The van der Waals surface area contributed by atoms with Gasteiger partial charge in [0.15, 0.2) is 17.0 Å². The molecule has 0 spiro atoms. The molecule has 9 heteroatoms. The van der Waals surface area contributed by atoms with Crippen LogP contribution in [0.15, 0.2) is 18.5 Å². The molecule has 2 aromatic heterocycles. The first-order chi connectivity index (χ1) is 12.1. The number of anilines is 2. The Bertz CT molecular complexity index is 930. The van der Waals surface area contributed by atoms with Crippen LogP contribution in [0.3, 0.4) is 0 Å². The molecule has 0 saturated heterocycles. The highest BCUT2D eigenvalue weighted by Gasteiger charge is 2.27. The Labute approximate surface area is 153 Å². The predicted molar refractivity (Wildman–Crippen MR) is 96.4 cm³/mol. The molecular weight excluding hydrogens is 365 g/mol. The largest absolute Gasteiger partial charge is 0.495 e. The number of methoxy groups -OCH3 is 2. The van der Waals surface area contributed by atoms with E-state index in [1.807, 2.05) is 4.57 Å². The van der Waals surface area contributed by atoms with Crippen LogP contribution in [0.4, 0.5) is 11.5 Å². The van der Waals surface area contributed by atoms with Gasteiger partial charge >= 0.3 is 0 Å². The number of rotatable bonds is 5. The zero-order valence-corrected chi connectivity index (χ0v) is 15.1. The third-order valence-electron chi connectivity index (χ3n) is 4.04. The number of imidazole rings is 1. The Balaban J connectivity index is 1.78. The van der Waals surface area contributed by atoms with Crippen LogP contribution in [0.2, 0.25) is 10.3 Å². The quantitative estimate of drug-likeness (QED) is 0.668. The summed E-state index contributed by atoms with van der Waals surface area (Å²) in [5.41, 5.74) is 2.07. The maximum Gasteiger partial charge on any atom is 0.226 e. The summed E-state index contributed by atoms with van der Waals surface area (Å²) in [5, 5.41) is 3.77. The standard InChI is InChI=1S/C16H15Cl2N5O2/c1-24-10-5-8(6-11(25-2)12(10)17)20-14-13-15(22-16(18)21-14)23(7-19-13)9-3-4-9/h5-7,9H,3-4H2,1-2H3,(H,20,21,22). The number of hydrogen-bond donors (Lipinski definition) is 1. The lowest BCUT2D eigenvalue weighted by molar-refractivity contribution is 0.395. The Kier molecular flexibility index (Phi) is 4.05. The minimum absolute atomic E-state index is 0.158. The molecule has 1 aromatic carbocycles. The average molecular weight is 380 g/mol. The first kappa shape index (κ1) is 16.2. The van der Waals surface area contributed by atoms with Gasteiger partial charge in [-0.3, -0.25) is 0 Å². The van der Waals surface area contributed by atoms with E-state index in [4.69, 9.17) is 32.7 Å². The number of nitrogens with one attached hydrogen (secondary N) is 1. The molecule has 3 aromatic rings. The molecule has 130 valence electrons. The van der Waals surface area contributed by atoms with Crippen LogP contribution in [0.25, 0.3) is 11.2 Å². The Morgan fingerprint density at radius 3 is 2.40 bits per heavy atom. The van der Waals surface area contributed by atoms with E-state index in [9.17, 15) is 0 Å². The first-order valence-corrected chi connectivity index (χ1v) is 8.45. The lowest BCUT2D eigenvalue weighted by Gasteiger charge is -2.13. The van der Waals surface area contributed by atoms with Gasteiger partial charge in [-0.1, -0.05) is 11.6 Å². The van der Waals surface area contributed by atoms with Crippen molar-refractivity contribution in [3.8, 4) is 11.5 Å². The van der Waals surface area contributed by atoms with Crippen LogP contribution >= 0.6 is 23.2 Å². The van der Waals surface area contributed by atoms with E-state index in [1.54, 1.807) is 32.7 Å². The summed E-state index contributed by atoms with van der Waals surface area (Å²) in [7, 11) is 3.09. The van der Waals surface area contributed by atoms with E-state index in [0.29, 0.717) is 39.6 Å². The van der Waals surface area contributed by atoms with E-state index >= 15 is 0 Å². The number of fused-ring (bicyclic) bond motifs is 1. The average Bonchev–Trinajstić information content (AvgIpc) is 3.36. The molecule has 1 N–H and O–H groups in total. The molecule has 0 unspecified atom stereocenters. The Hall–Kier alpha value is -2.25. The molecule has 7 nitrogen and oxygen atoms in total. The van der Waals surface area contributed by atoms with Crippen molar-refractivity contribution in [3.63, 3.8) is 0 Å². The summed E-state index contributed by atoms with van der Waals surface area (Å²) in [5.74, 6) is 1.49. The minimum Gasteiger partial charge on any atom is -0.495 e. The van der Waals surface area contributed by atoms with Gasteiger partial charge in [-0.05, 0) is 24.4 Å². The Morgan fingerprint density at radius 2 is 1.80 bits per heavy atom. The fraction of sp³-hybridized carbons (Fsp3) is 0.312. The third-order valence-corrected chi connectivity index (χ3v) is 4.58. The first-order valence-electron chi connectivity index (χ1n) is 7.69. The molecule has 0 atom stereocenters. The molecule has 1 saturated carbocycles. The maximum absolute atomic E-state index is 6.21. The second kappa shape index (κ2) is 6.24. The van der Waals surface area contributed by atoms with Crippen molar-refractivity contribution in [2.45, 2.75) is 18.9 Å². The van der Waals surface area contributed by atoms with Gasteiger partial charge in [-0.15, -0.1) is 0 Å². The molecule has 0 aliphatic heterocycles. The molecule has 1 aliphatic carbocycles. The van der Waals surface area contributed by atoms with Gasteiger partial charge in [0.1, 0.15) is 16.5 Å². The molecule has 4 rings (SSSR count). The fourth-order valence-corrected chi connectivity index (χ4v) is 3.10. The molecule has 1 fully saturated rings. The smallest absolute Gasteiger partial charge is 0.226 e. The third kappa shape index (κ3) is 2.94. The maximum atomic E-state index is 6.21. The normalized spacial score (nSPS) is 13.9. The van der Waals surface area contributed by atoms with Gasteiger partial charge in [0.05, 0.1) is 20.5 Å². The summed E-state index contributed by atoms with van der Waals surface area (Å²) in [4.78, 5) is 13.0. The van der Waals surface area contributed by atoms with Crippen LogP contribution in [0.1, 0.15) is 18.9 Å². The molecule has 1 aliphatic rings. The van der Waals surface area contributed by atoms with Crippen molar-refractivity contribution in [1.82, 2.24) is 19.5 Å². The van der Waals surface area contributed by atoms with Crippen molar-refractivity contribution >= 4 is 45.9 Å². The van der Waals surface area contributed by atoms with Gasteiger partial charge in [0.25, 0.3) is 0 Å². The van der Waals surface area contributed by atoms with Crippen molar-refractivity contribution in [2.75, 3.05) is 19.5 Å². The summed E-state index contributed by atoms with van der Waals surface area (Å²) in [6.45, 7) is 0. The highest BCUT2D eigenvalue weighted by molar-refractivity contribution is 6.33. The van der Waals surface area contributed by atoms with Crippen molar-refractivity contribution < 1.29 is 9.47 Å². The van der Waals surface area contributed by atoms with Crippen molar-refractivity contribution in [3.05, 3.63) is 28.8 Å². The van der Waals surface area contributed by atoms with Gasteiger partial charge in [0.2, 0.25) is 5.28 Å². The van der Waals surface area contributed by atoms with E-state index in [1.165, 1.54) is 0 Å². The highest BCUT2D eigenvalue weighted by Crippen LogP contribution is 2.40. The summed E-state index contributed by atoms with van der Waals surface area (Å²) in [6.07, 6.45) is 4.03. The van der Waals surface area contributed by atoms with Crippen LogP contribution < -0.4 is 14.8 Å². The van der Waals surface area contributed by atoms with Crippen LogP contribution in [0, 0.1) is 0 Å². The van der Waals surface area contributed by atoms with Gasteiger partial charge in [0, 0.05) is 23.9 Å². The lowest BCUT2D eigenvalue weighted by atomic mass is 10.2. The molecule has 0 radical (unpaired) electrons. The highest BCUT2D eigenvalue weighted by atomic mass is 35.5. The number of halogens is 2. The van der Waals surface area contributed by atoms with E-state index < -0.39 is 0 Å². The molecule has 25 heavy (non-hydrogen) atoms. The predicted octanol–water partition coefficient (Wildman–Crippen LogP) is 4.23. The fourth-order valence-electron chi connectivity index (χ4n) is 2.68. The lowest BCUT2D eigenvalue weighted by Crippen LogP contribution is -2.00. The second-order valence-electron chi connectivity index (χ2n) is 5.72. The zero-order valence-electron chi connectivity index (χ0n) is 13.6. The number of nitrogens with zero attached hydrogens (tertiary/aromatic N) is 4. The summed E-state index contributed by atoms with van der Waals surface area (Å²) in [6, 6.07) is 3.95. The molecule has 0 amide bonds. The topological polar surface area (TPSA) is 74.1 Å². The van der Waals surface area contributed by atoms with Crippen LogP contribution in [-0.4, -0.2) is 33.7 Å². The van der Waals surface area contributed by atoms with Crippen LogP contribution in [0.5, 0.6) is 11.5 Å². The van der Waals surface area contributed by atoms with Crippen molar-refractivity contribution in [2.24, 2.45) is 0 Å². The number of hydrogen-bond acceptors (Lipinski definition) is 6. The summed E-state index contributed by atoms with van der Waals surface area (Å²) >= 11 is 12.3. The zero-order chi connectivity index (χ0) is 17.6. The van der Waals surface area contributed by atoms with Gasteiger partial charge in [-0.2, -0.15) is 9.97 Å².